The van der Waals surface area contributed by atoms with E-state index in [1.54, 1.807) is 0 Å². The summed E-state index contributed by atoms with van der Waals surface area (Å²) in [5, 5.41) is 44.2. The molecule has 0 spiro atoms. The number of halogens is 10. The van der Waals surface area contributed by atoms with E-state index in [9.17, 15) is 39.5 Å². The van der Waals surface area contributed by atoms with Crippen LogP contribution in [0.4, 0.5) is 39.5 Å². The second kappa shape index (κ2) is 21.3. The zero-order valence-corrected chi connectivity index (χ0v) is 26.5. The van der Waals surface area contributed by atoms with Gasteiger partial charge in [0.2, 0.25) is 0 Å². The lowest BCUT2D eigenvalue weighted by molar-refractivity contribution is -0.127. The molecule has 5 unspecified atom stereocenters. The maximum absolute atomic E-state index is 11.8. The number of hydrogen-bond donors (Lipinski definition) is 5. The number of aliphatic hydroxyl groups is 5. The van der Waals surface area contributed by atoms with Gasteiger partial charge in [-0.25, -0.2) is 8.78 Å². The van der Waals surface area contributed by atoms with E-state index in [2.05, 4.69) is 0 Å². The number of rotatable bonds is 5. The molecule has 0 bridgehead atoms. The first-order valence-electron chi connectivity index (χ1n) is 15.2. The Labute approximate surface area is 273 Å². The monoisotopic (exact) mass is 714 g/mol. The minimum absolute atomic E-state index is 0.0856. The zero-order chi connectivity index (χ0) is 35.8. The number of alkyl halides is 10. The third-order valence-corrected chi connectivity index (χ3v) is 7.75. The molecule has 47 heavy (non-hydrogen) atoms. The van der Waals surface area contributed by atoms with Gasteiger partial charge in [0.15, 0.2) is 0 Å². The summed E-state index contributed by atoms with van der Waals surface area (Å²) in [6, 6.07) is 0. The lowest BCUT2D eigenvalue weighted by Crippen LogP contribution is -2.12. The quantitative estimate of drug-likeness (QED) is 0.114. The van der Waals surface area contributed by atoms with E-state index in [0.29, 0.717) is 37.1 Å². The normalized spacial score (nSPS) is 26.7. The van der Waals surface area contributed by atoms with Gasteiger partial charge >= 0.3 is 12.4 Å². The fourth-order valence-corrected chi connectivity index (χ4v) is 5.21. The molecular weight excluding hydrogens is 671 g/mol. The molecule has 0 amide bonds. The van der Waals surface area contributed by atoms with Crippen LogP contribution in [0.2, 0.25) is 0 Å². The predicted molar refractivity (Wildman–Crippen MR) is 161 cm³/mol. The summed E-state index contributed by atoms with van der Waals surface area (Å²) in [6.07, 6.45) is -1.63. The summed E-state index contributed by atoms with van der Waals surface area (Å²) in [5.74, 6) is 0.580. The van der Waals surface area contributed by atoms with E-state index in [1.165, 1.54) is 17.7 Å². The van der Waals surface area contributed by atoms with Crippen LogP contribution in [-0.2, 0) is 0 Å². The summed E-state index contributed by atoms with van der Waals surface area (Å²) in [6.45, 7) is -0.293. The molecular formula is C32H44ClF9O5. The Morgan fingerprint density at radius 3 is 1.30 bits per heavy atom. The third-order valence-electron chi connectivity index (χ3n) is 7.40. The second-order valence-electron chi connectivity index (χ2n) is 11.7. The van der Waals surface area contributed by atoms with Crippen LogP contribution in [0.25, 0.3) is 0 Å². The van der Waals surface area contributed by atoms with E-state index >= 15 is 0 Å². The van der Waals surface area contributed by atoms with Gasteiger partial charge in [-0.3, -0.25) is 4.39 Å². The van der Waals surface area contributed by atoms with Gasteiger partial charge < -0.3 is 25.5 Å². The van der Waals surface area contributed by atoms with E-state index in [4.69, 9.17) is 37.1 Å². The third kappa shape index (κ3) is 19.7. The first-order valence-corrected chi connectivity index (χ1v) is 15.7. The number of aliphatic hydroxyl groups excluding tert-OH is 5. The van der Waals surface area contributed by atoms with E-state index in [0.717, 1.165) is 30.9 Å². The molecule has 0 aromatic carbocycles. The molecule has 0 aromatic rings. The zero-order valence-electron chi connectivity index (χ0n) is 25.8. The average molecular weight is 715 g/mol. The summed E-state index contributed by atoms with van der Waals surface area (Å²) >= 11 is 5.49. The second-order valence-corrected chi connectivity index (χ2v) is 12.0. The van der Waals surface area contributed by atoms with Crippen molar-refractivity contribution in [2.24, 2.45) is 0 Å². The van der Waals surface area contributed by atoms with Gasteiger partial charge in [-0.05, 0) is 63.4 Å². The molecule has 5 aliphatic carbocycles. The molecule has 0 radical (unpaired) electrons. The highest BCUT2D eigenvalue weighted by molar-refractivity contribution is 6.19. The Morgan fingerprint density at radius 1 is 0.617 bits per heavy atom. The topological polar surface area (TPSA) is 101 Å². The lowest BCUT2D eigenvalue weighted by Gasteiger charge is -2.06. The average Bonchev–Trinajstić information content (AvgIpc) is 3.80. The van der Waals surface area contributed by atoms with Crippen molar-refractivity contribution in [3.05, 3.63) is 58.2 Å². The molecule has 0 saturated carbocycles. The largest absolute Gasteiger partial charge is 0.412 e. The number of hydrogen-bond acceptors (Lipinski definition) is 5. The SMILES string of the molecule is OC1CC=C(C(F)(F)F)C1.OC1CC=C(C(F)F)C1.OC1CC=C(CC(F)(F)F)C1.OC1CC=C(CCF)C1.OC1CC=C(CCl)C1. The van der Waals surface area contributed by atoms with Crippen molar-refractivity contribution in [1.29, 1.82) is 0 Å². The Balaban J connectivity index is 0.000000295. The Kier molecular flexibility index (Phi) is 19.6. The van der Waals surface area contributed by atoms with Gasteiger partial charge in [0.05, 0.1) is 43.6 Å². The molecule has 0 aromatic heterocycles. The van der Waals surface area contributed by atoms with E-state index < -0.39 is 49.1 Å². The Bertz CT molecular complexity index is 1080. The van der Waals surface area contributed by atoms with Crippen molar-refractivity contribution in [2.75, 3.05) is 12.6 Å². The van der Waals surface area contributed by atoms with Crippen LogP contribution in [0.5, 0.6) is 0 Å². The Hall–Kier alpha value is -1.84. The molecule has 0 heterocycles. The van der Waals surface area contributed by atoms with Crippen LogP contribution < -0.4 is 0 Å². The molecule has 0 saturated heterocycles. The summed E-state index contributed by atoms with van der Waals surface area (Å²) < 4.78 is 106. The molecule has 5 rings (SSSR count). The molecule has 5 nitrogen and oxygen atoms in total. The van der Waals surface area contributed by atoms with Crippen molar-refractivity contribution in [2.45, 2.75) is 126 Å². The van der Waals surface area contributed by atoms with Gasteiger partial charge in [-0.2, -0.15) is 26.3 Å². The fraction of sp³-hybridized carbons (Fsp3) is 0.688. The Morgan fingerprint density at radius 2 is 1.04 bits per heavy atom. The van der Waals surface area contributed by atoms with Crippen LogP contribution in [0.3, 0.4) is 0 Å². The van der Waals surface area contributed by atoms with Crippen LogP contribution >= 0.6 is 11.6 Å². The van der Waals surface area contributed by atoms with E-state index in [1.807, 2.05) is 12.2 Å². The van der Waals surface area contributed by atoms with E-state index in [-0.39, 0.29) is 50.1 Å². The summed E-state index contributed by atoms with van der Waals surface area (Å²) in [7, 11) is 0. The standard InChI is InChI=1S/C7H9F3O.C7H11FO.C6H9ClO.C6H7F3O.C6H8F2O/c8-7(9,10)4-5-1-2-6(11)3-5;8-4-3-6-1-2-7(9)5-6;7-4-5-1-2-6(8)3-5;7-6(8,9)4-1-2-5(10)3-4;7-6(8)4-1-2-5(9)3-4/h1,6,11H,2-4H2;1,7,9H,2-5H2;1,6,8H,2-4H2;1,5,10H,2-3H2;1,5-6,9H,2-3H2. The van der Waals surface area contributed by atoms with Crippen molar-refractivity contribution in [1.82, 2.24) is 0 Å². The van der Waals surface area contributed by atoms with Crippen LogP contribution in [-0.4, -0.2) is 87.4 Å². The van der Waals surface area contributed by atoms with Crippen LogP contribution in [0.15, 0.2) is 58.2 Å². The molecule has 5 aliphatic rings. The van der Waals surface area contributed by atoms with Gasteiger partial charge in [-0.15, -0.1) is 11.6 Å². The van der Waals surface area contributed by atoms with Gasteiger partial charge in [0.25, 0.3) is 6.43 Å². The predicted octanol–water partition coefficient (Wildman–Crippen LogP) is 7.72. The van der Waals surface area contributed by atoms with Gasteiger partial charge in [0.1, 0.15) is 0 Å². The summed E-state index contributed by atoms with van der Waals surface area (Å²) in [5.41, 5.74) is 2.05. The highest BCUT2D eigenvalue weighted by atomic mass is 35.5. The van der Waals surface area contributed by atoms with Gasteiger partial charge in [-0.1, -0.05) is 47.1 Å². The van der Waals surface area contributed by atoms with Crippen LogP contribution in [0, 0.1) is 0 Å². The van der Waals surface area contributed by atoms with Crippen molar-refractivity contribution in [3.8, 4) is 0 Å². The molecule has 5 atom stereocenters. The van der Waals surface area contributed by atoms with Crippen molar-refractivity contribution in [3.63, 3.8) is 0 Å². The lowest BCUT2D eigenvalue weighted by atomic mass is 10.1. The van der Waals surface area contributed by atoms with Gasteiger partial charge in [0, 0.05) is 24.3 Å². The molecule has 0 aliphatic heterocycles. The molecule has 272 valence electrons. The van der Waals surface area contributed by atoms with Crippen molar-refractivity contribution >= 4 is 11.6 Å². The maximum atomic E-state index is 11.8. The van der Waals surface area contributed by atoms with Crippen LogP contribution in [0.1, 0.15) is 77.0 Å². The summed E-state index contributed by atoms with van der Waals surface area (Å²) in [4.78, 5) is 0. The smallest absolute Gasteiger partial charge is 0.392 e. The first kappa shape index (κ1) is 43.2. The highest BCUT2D eigenvalue weighted by Gasteiger charge is 2.36. The highest BCUT2D eigenvalue weighted by Crippen LogP contribution is 2.34. The van der Waals surface area contributed by atoms with Crippen molar-refractivity contribution < 1.29 is 65.0 Å². The minimum atomic E-state index is -4.24. The fourth-order valence-electron chi connectivity index (χ4n) is 4.99. The maximum Gasteiger partial charge on any atom is 0.412 e. The molecule has 15 heteroatoms. The molecule has 5 N–H and O–H groups in total. The minimum Gasteiger partial charge on any atom is -0.392 e. The first-order chi connectivity index (χ1) is 21.8. The molecule has 0 fully saturated rings.